The van der Waals surface area contributed by atoms with Gasteiger partial charge in [-0.2, -0.15) is 5.26 Å². The summed E-state index contributed by atoms with van der Waals surface area (Å²) in [5.74, 6) is 0. The van der Waals surface area contributed by atoms with Crippen molar-refractivity contribution in [2.75, 3.05) is 25.0 Å². The van der Waals surface area contributed by atoms with Gasteiger partial charge in [-0.3, -0.25) is 15.0 Å². The second-order valence-corrected chi connectivity index (χ2v) is 6.08. The summed E-state index contributed by atoms with van der Waals surface area (Å²) in [6.07, 6.45) is 1.92. The van der Waals surface area contributed by atoms with Gasteiger partial charge in [0.15, 0.2) is 0 Å². The molecule has 0 aromatic heterocycles. The van der Waals surface area contributed by atoms with Gasteiger partial charge in [0, 0.05) is 40.9 Å². The summed E-state index contributed by atoms with van der Waals surface area (Å²) in [7, 11) is 0. The van der Waals surface area contributed by atoms with Gasteiger partial charge in [-0.05, 0) is 41.8 Å². The lowest BCUT2D eigenvalue weighted by atomic mass is 10.0. The van der Waals surface area contributed by atoms with Crippen molar-refractivity contribution >= 4 is 27.3 Å². The second-order valence-electron chi connectivity index (χ2n) is 5.23. The fraction of sp³-hybridized carbons (Fsp3) is 0.500. The smallest absolute Gasteiger partial charge is 0.273 e. The molecule has 0 bridgehead atoms. The molecule has 0 radical (unpaired) electrons. The van der Waals surface area contributed by atoms with Gasteiger partial charge in [-0.1, -0.05) is 0 Å². The summed E-state index contributed by atoms with van der Waals surface area (Å²) < 4.78 is 0.708. The summed E-state index contributed by atoms with van der Waals surface area (Å²) in [4.78, 5) is 12.7. The highest BCUT2D eigenvalue weighted by Crippen LogP contribution is 2.31. The number of nitro benzene ring substituents is 1. The van der Waals surface area contributed by atoms with Crippen LogP contribution in [0.1, 0.15) is 18.4 Å². The molecule has 2 rings (SSSR count). The van der Waals surface area contributed by atoms with Crippen molar-refractivity contribution in [1.29, 1.82) is 5.26 Å². The molecule has 1 N–H and O–H groups in total. The van der Waals surface area contributed by atoms with Crippen LogP contribution in [-0.2, 0) is 0 Å². The van der Waals surface area contributed by atoms with Crippen molar-refractivity contribution in [3.05, 3.63) is 32.3 Å². The molecule has 1 fully saturated rings. The number of hydrogen-bond donors (Lipinski definition) is 1. The van der Waals surface area contributed by atoms with Crippen LogP contribution in [0.5, 0.6) is 0 Å². The number of anilines is 1. The molecule has 7 heteroatoms. The van der Waals surface area contributed by atoms with Gasteiger partial charge in [0.05, 0.1) is 17.5 Å². The largest absolute Gasteiger partial charge is 0.381 e. The minimum absolute atomic E-state index is 0.122. The Kier molecular flexibility index (Phi) is 5.15. The number of nitro groups is 1. The van der Waals surface area contributed by atoms with E-state index in [1.807, 2.05) is 6.07 Å². The van der Waals surface area contributed by atoms with Gasteiger partial charge in [0.2, 0.25) is 0 Å². The molecular formula is C14H17BrN4O2. The summed E-state index contributed by atoms with van der Waals surface area (Å²) in [5, 5.41) is 23.0. The number of nitriles is 1. The summed E-state index contributed by atoms with van der Waals surface area (Å²) in [6, 6.07) is 5.85. The first-order valence-electron chi connectivity index (χ1n) is 6.81. The number of halogens is 1. The molecule has 0 atom stereocenters. The van der Waals surface area contributed by atoms with E-state index in [0.717, 1.165) is 31.6 Å². The van der Waals surface area contributed by atoms with Crippen LogP contribution in [0.25, 0.3) is 0 Å². The van der Waals surface area contributed by atoms with Gasteiger partial charge >= 0.3 is 0 Å². The Morgan fingerprint density at radius 2 is 2.19 bits per heavy atom. The lowest BCUT2D eigenvalue weighted by Gasteiger charge is -2.31. The van der Waals surface area contributed by atoms with Crippen molar-refractivity contribution in [2.45, 2.75) is 25.8 Å². The predicted molar refractivity (Wildman–Crippen MR) is 84.2 cm³/mol. The third-order valence-corrected chi connectivity index (χ3v) is 4.38. The van der Waals surface area contributed by atoms with Crippen LogP contribution in [0.2, 0.25) is 0 Å². The zero-order valence-corrected chi connectivity index (χ0v) is 13.4. The second kappa shape index (κ2) is 6.87. The van der Waals surface area contributed by atoms with E-state index in [-0.39, 0.29) is 10.6 Å². The van der Waals surface area contributed by atoms with Crippen molar-refractivity contribution in [1.82, 2.24) is 4.90 Å². The first kappa shape index (κ1) is 15.7. The van der Waals surface area contributed by atoms with E-state index >= 15 is 0 Å². The standard InChI is InChI=1S/C14H17BrN4O2/c1-10-8-13(12(15)9-14(10)19(20)21)17-11-2-5-18(6-3-11)7-4-16/h8-9,11,17H,2-3,5-7H2,1H3. The van der Waals surface area contributed by atoms with Gasteiger partial charge in [-0.15, -0.1) is 0 Å². The van der Waals surface area contributed by atoms with Crippen LogP contribution in [0.15, 0.2) is 16.6 Å². The van der Waals surface area contributed by atoms with Gasteiger partial charge in [0.25, 0.3) is 5.69 Å². The van der Waals surface area contributed by atoms with Crippen molar-refractivity contribution < 1.29 is 4.92 Å². The van der Waals surface area contributed by atoms with Crippen molar-refractivity contribution in [2.24, 2.45) is 0 Å². The van der Waals surface area contributed by atoms with E-state index in [1.54, 1.807) is 13.0 Å². The molecule has 21 heavy (non-hydrogen) atoms. The third-order valence-electron chi connectivity index (χ3n) is 3.72. The van der Waals surface area contributed by atoms with Gasteiger partial charge in [-0.25, -0.2) is 0 Å². The fourth-order valence-corrected chi connectivity index (χ4v) is 2.98. The Hall–Kier alpha value is -1.65. The van der Waals surface area contributed by atoms with Crippen molar-refractivity contribution in [3.8, 4) is 6.07 Å². The van der Waals surface area contributed by atoms with E-state index in [9.17, 15) is 10.1 Å². The van der Waals surface area contributed by atoms with Crippen LogP contribution in [-0.4, -0.2) is 35.5 Å². The molecule has 1 aromatic rings. The molecule has 1 aromatic carbocycles. The molecule has 0 saturated carbocycles. The Morgan fingerprint density at radius 3 is 2.76 bits per heavy atom. The molecule has 1 saturated heterocycles. The maximum atomic E-state index is 10.9. The highest BCUT2D eigenvalue weighted by atomic mass is 79.9. The summed E-state index contributed by atoms with van der Waals surface area (Å²) in [6.45, 7) is 4.02. The number of nitrogens with one attached hydrogen (secondary N) is 1. The minimum atomic E-state index is -0.371. The molecule has 6 nitrogen and oxygen atoms in total. The van der Waals surface area contributed by atoms with Crippen molar-refractivity contribution in [3.63, 3.8) is 0 Å². The van der Waals surface area contributed by atoms with Crippen LogP contribution < -0.4 is 5.32 Å². The lowest BCUT2D eigenvalue weighted by molar-refractivity contribution is -0.385. The summed E-state index contributed by atoms with van der Waals surface area (Å²) >= 11 is 3.39. The molecular weight excluding hydrogens is 336 g/mol. The van der Waals surface area contributed by atoms with E-state index in [0.29, 0.717) is 22.6 Å². The Balaban J connectivity index is 2.03. The number of likely N-dealkylation sites (tertiary alicyclic amines) is 1. The lowest BCUT2D eigenvalue weighted by Crippen LogP contribution is -2.39. The predicted octanol–water partition coefficient (Wildman–Crippen LogP) is 3.07. The molecule has 112 valence electrons. The molecule has 1 aliphatic heterocycles. The highest BCUT2D eigenvalue weighted by Gasteiger charge is 2.20. The molecule has 0 spiro atoms. The Labute approximate surface area is 132 Å². The van der Waals surface area contributed by atoms with E-state index < -0.39 is 0 Å². The van der Waals surface area contributed by atoms with Crippen LogP contribution in [0, 0.1) is 28.4 Å². The topological polar surface area (TPSA) is 82.2 Å². The van der Waals surface area contributed by atoms with Gasteiger partial charge < -0.3 is 5.32 Å². The highest BCUT2D eigenvalue weighted by molar-refractivity contribution is 9.10. The molecule has 0 unspecified atom stereocenters. The van der Waals surface area contributed by atoms with E-state index in [4.69, 9.17) is 5.26 Å². The number of aryl methyl sites for hydroxylation is 1. The number of nitrogens with zero attached hydrogens (tertiary/aromatic N) is 3. The first-order valence-corrected chi connectivity index (χ1v) is 7.61. The maximum Gasteiger partial charge on any atom is 0.273 e. The van der Waals surface area contributed by atoms with E-state index in [2.05, 4.69) is 32.2 Å². The first-order chi connectivity index (χ1) is 10.0. The quantitative estimate of drug-likeness (QED) is 0.511. The Morgan fingerprint density at radius 1 is 1.52 bits per heavy atom. The Bertz CT molecular complexity index is 577. The van der Waals surface area contributed by atoms with Crippen LogP contribution >= 0.6 is 15.9 Å². The third kappa shape index (κ3) is 3.93. The average molecular weight is 353 g/mol. The molecule has 0 amide bonds. The van der Waals surface area contributed by atoms with Crippen LogP contribution in [0.3, 0.4) is 0 Å². The number of benzene rings is 1. The normalized spacial score (nSPS) is 16.4. The average Bonchev–Trinajstić information content (AvgIpc) is 2.44. The summed E-state index contributed by atoms with van der Waals surface area (Å²) in [5.41, 5.74) is 1.65. The molecule has 1 heterocycles. The van der Waals surface area contributed by atoms with E-state index in [1.165, 1.54) is 0 Å². The monoisotopic (exact) mass is 352 g/mol. The molecule has 1 aliphatic rings. The van der Waals surface area contributed by atoms with Crippen LogP contribution in [0.4, 0.5) is 11.4 Å². The SMILES string of the molecule is Cc1cc(NC2CCN(CC#N)CC2)c(Br)cc1[N+](=O)[O-]. The zero-order chi connectivity index (χ0) is 15.4. The number of hydrogen-bond acceptors (Lipinski definition) is 5. The zero-order valence-electron chi connectivity index (χ0n) is 11.8. The maximum absolute atomic E-state index is 10.9. The molecule has 0 aliphatic carbocycles. The minimum Gasteiger partial charge on any atom is -0.381 e. The fourth-order valence-electron chi connectivity index (χ4n) is 2.53. The number of rotatable bonds is 4. The van der Waals surface area contributed by atoms with Gasteiger partial charge in [0.1, 0.15) is 0 Å². The number of piperidine rings is 1.